The molecule has 14 aromatic rings. The van der Waals surface area contributed by atoms with Gasteiger partial charge < -0.3 is 4.74 Å². The zero-order valence-corrected chi connectivity index (χ0v) is 42.8. The van der Waals surface area contributed by atoms with Gasteiger partial charge in [0.25, 0.3) is 6.33 Å². The average molecular weight is 1020 g/mol. The highest BCUT2D eigenvalue weighted by Gasteiger charge is 2.23. The lowest BCUT2D eigenvalue weighted by Gasteiger charge is -2.20. The van der Waals surface area contributed by atoms with Crippen LogP contribution < -0.4 is 9.30 Å². The second-order valence-corrected chi connectivity index (χ2v) is 19.4. The lowest BCUT2D eigenvalue weighted by atomic mass is 9.89. The van der Waals surface area contributed by atoms with Crippen molar-refractivity contribution in [3.63, 3.8) is 0 Å². The number of imidazole rings is 1. The largest absolute Gasteiger partial charge is 0.458 e. The molecule has 3 aromatic heterocycles. The molecule has 0 saturated carbocycles. The van der Waals surface area contributed by atoms with E-state index in [1.54, 1.807) is 19.2 Å². The molecule has 0 unspecified atom stereocenters. The van der Waals surface area contributed by atoms with Crippen LogP contribution in [0.3, 0.4) is 0 Å². The number of para-hydroxylation sites is 4. The molecule has 11 aromatic carbocycles. The van der Waals surface area contributed by atoms with Crippen molar-refractivity contribution < 1.29 is 21.6 Å². The second-order valence-electron chi connectivity index (χ2n) is 19.4. The molecular weight excluding hydrogens is 961 g/mol. The van der Waals surface area contributed by atoms with Crippen LogP contribution in [0.25, 0.3) is 117 Å². The maximum Gasteiger partial charge on any atom is 0.269 e. The van der Waals surface area contributed by atoms with Crippen LogP contribution in [0.15, 0.2) is 279 Å². The Hall–Kier alpha value is -10.4. The number of hydrogen-bond acceptors (Lipinski definition) is 2. The summed E-state index contributed by atoms with van der Waals surface area (Å²) in [6, 6.07) is 73.8. The van der Waals surface area contributed by atoms with Crippen LogP contribution in [0.2, 0.25) is 0 Å². The van der Waals surface area contributed by atoms with Crippen LogP contribution in [0.5, 0.6) is 11.5 Å². The fraction of sp³-hybridized carbons (Fsp3) is 0.0270. The van der Waals surface area contributed by atoms with Crippen molar-refractivity contribution in [1.82, 2.24) is 14.1 Å². The Morgan fingerprint density at radius 3 is 1.51 bits per heavy atom. The first kappa shape index (κ1) is 38.2. The SMILES string of the molecule is [2H]c1c(-c2ccccc2)c([2H])c(-c2cccc(-c3c([2H])c(-c4ccccc4)c([2H])c(-c4ccccc4)c3[2H])c2-[n+]2[c-]n(-c3cccc(Oc4ccc5c6ccccc6n(-c6cc(C([2H])([2H])[2H])c(C)cn6)c5c4)c3)c3ccccc32)c([2H])c1-c1ccccc1. The van der Waals surface area contributed by atoms with E-state index in [1.807, 2.05) is 244 Å². The molecule has 5 heteroatoms. The van der Waals surface area contributed by atoms with Crippen molar-refractivity contribution in [1.29, 1.82) is 0 Å². The van der Waals surface area contributed by atoms with Gasteiger partial charge in [0.1, 0.15) is 17.3 Å². The Morgan fingerprint density at radius 2 is 0.924 bits per heavy atom. The second kappa shape index (κ2) is 20.0. The van der Waals surface area contributed by atoms with E-state index in [1.165, 1.54) is 0 Å². The first-order valence-corrected chi connectivity index (χ1v) is 26.1. The number of nitrogens with zero attached hydrogens (tertiary/aromatic N) is 4. The number of aryl methyl sites for hydroxylation is 2. The van der Waals surface area contributed by atoms with E-state index in [2.05, 4.69) is 6.33 Å². The number of rotatable bonds is 11. The summed E-state index contributed by atoms with van der Waals surface area (Å²) in [5, 5.41) is 1.90. The molecule has 79 heavy (non-hydrogen) atoms. The minimum Gasteiger partial charge on any atom is -0.458 e. The summed E-state index contributed by atoms with van der Waals surface area (Å²) in [4.78, 5) is 4.75. The van der Waals surface area contributed by atoms with Crippen molar-refractivity contribution in [2.45, 2.75) is 13.8 Å². The zero-order valence-electron chi connectivity index (χ0n) is 51.8. The predicted molar refractivity (Wildman–Crippen MR) is 324 cm³/mol. The predicted octanol–water partition coefficient (Wildman–Crippen LogP) is 18.6. The van der Waals surface area contributed by atoms with Crippen LogP contribution in [0.4, 0.5) is 0 Å². The number of benzene rings is 11. The van der Waals surface area contributed by atoms with Crippen molar-refractivity contribution >= 4 is 32.8 Å². The standard InChI is InChI=1S/C74H52N4O/c1-50-39-73(75-48-51(50)2)78-69-34-16-15-31-67(69)68-38-37-64(47-72(68)78)79-63-30-19-29-62(46-63)76-49-77(71-36-18-17-35-70(71)76)74-65(60-42-56(52-21-7-3-8-22-52)40-57(43-60)53-23-9-4-10-24-53)32-20-33-66(74)61-44-58(54-25-11-5-12-26-54)41-59(45-61)55-27-13-6-14-28-55/h3-48H,1-2H3/i1D3,40D,41D,42D,43D,44D,45D. The molecule has 0 aliphatic carbocycles. The average Bonchev–Trinajstić information content (AvgIpc) is 1.28. The molecule has 5 nitrogen and oxygen atoms in total. The molecule has 14 rings (SSSR count). The molecule has 0 N–H and O–H groups in total. The Balaban J connectivity index is 1.00. The monoisotopic (exact) mass is 1020 g/mol. The van der Waals surface area contributed by atoms with Gasteiger partial charge in [-0.15, -0.1) is 0 Å². The Bertz CT molecular complexity index is 4770. The Kier molecular flexibility index (Phi) is 9.66. The van der Waals surface area contributed by atoms with Gasteiger partial charge in [-0.25, -0.2) is 4.98 Å². The topological polar surface area (TPSA) is 35.9 Å². The summed E-state index contributed by atoms with van der Waals surface area (Å²) >= 11 is 0. The third-order valence-electron chi connectivity index (χ3n) is 14.4. The fourth-order valence-corrected chi connectivity index (χ4v) is 10.5. The van der Waals surface area contributed by atoms with Gasteiger partial charge in [-0.3, -0.25) is 13.7 Å². The normalized spacial score (nSPS) is 13.2. The van der Waals surface area contributed by atoms with Gasteiger partial charge in [0, 0.05) is 27.1 Å². The molecule has 0 radical (unpaired) electrons. The molecule has 0 aliphatic heterocycles. The first-order chi connectivity index (χ1) is 42.7. The zero-order chi connectivity index (χ0) is 60.5. The number of ether oxygens (including phenoxy) is 1. The van der Waals surface area contributed by atoms with E-state index >= 15 is 0 Å². The highest BCUT2D eigenvalue weighted by atomic mass is 16.5. The van der Waals surface area contributed by atoms with Gasteiger partial charge in [0.2, 0.25) is 0 Å². The Labute approximate surface area is 472 Å². The minimum atomic E-state index is -2.34. The Morgan fingerprint density at radius 1 is 0.430 bits per heavy atom. The minimum absolute atomic E-state index is 0.0369. The summed E-state index contributed by atoms with van der Waals surface area (Å²) in [6.45, 7) is -0.591. The van der Waals surface area contributed by atoms with E-state index in [0.717, 1.165) is 27.3 Å². The molecule has 0 fully saturated rings. The van der Waals surface area contributed by atoms with Crippen molar-refractivity contribution in [3.05, 3.63) is 296 Å². The molecule has 0 amide bonds. The lowest BCUT2D eigenvalue weighted by Crippen LogP contribution is -2.31. The van der Waals surface area contributed by atoms with Crippen LogP contribution in [0.1, 0.15) is 23.5 Å². The highest BCUT2D eigenvalue weighted by Crippen LogP contribution is 2.42. The maximum absolute atomic E-state index is 10.3. The van der Waals surface area contributed by atoms with Gasteiger partial charge in [0.05, 0.1) is 41.7 Å². The van der Waals surface area contributed by atoms with E-state index in [9.17, 15) is 8.22 Å². The third kappa shape index (κ3) is 8.83. The molecule has 0 aliphatic rings. The maximum atomic E-state index is 10.3. The molecule has 374 valence electrons. The summed E-state index contributed by atoms with van der Waals surface area (Å²) in [7, 11) is 0. The number of fused-ring (bicyclic) bond motifs is 4. The van der Waals surface area contributed by atoms with Crippen LogP contribution in [-0.4, -0.2) is 14.1 Å². The van der Waals surface area contributed by atoms with Gasteiger partial charge in [0.15, 0.2) is 0 Å². The van der Waals surface area contributed by atoms with E-state index in [4.69, 9.17) is 13.8 Å². The van der Waals surface area contributed by atoms with Crippen LogP contribution >= 0.6 is 0 Å². The molecular formula is C74H52N4O. The quantitative estimate of drug-likeness (QED) is 0.0956. The van der Waals surface area contributed by atoms with Gasteiger partial charge in [-0.05, 0) is 170 Å². The van der Waals surface area contributed by atoms with Gasteiger partial charge in [-0.1, -0.05) is 188 Å². The van der Waals surface area contributed by atoms with Gasteiger partial charge in [-0.2, -0.15) is 0 Å². The van der Waals surface area contributed by atoms with Gasteiger partial charge >= 0.3 is 0 Å². The molecule has 0 atom stereocenters. The molecule has 0 saturated heterocycles. The van der Waals surface area contributed by atoms with Crippen LogP contribution in [-0.2, 0) is 0 Å². The summed E-state index contributed by atoms with van der Waals surface area (Å²) in [5.74, 6) is 1.49. The van der Waals surface area contributed by atoms with Crippen molar-refractivity contribution in [3.8, 4) is 95.5 Å². The number of pyridine rings is 1. The van der Waals surface area contributed by atoms with E-state index in [0.29, 0.717) is 95.4 Å². The molecule has 0 spiro atoms. The van der Waals surface area contributed by atoms with Crippen molar-refractivity contribution in [2.75, 3.05) is 0 Å². The molecule has 3 heterocycles. The fourth-order valence-electron chi connectivity index (χ4n) is 10.5. The molecule has 0 bridgehead atoms. The number of aromatic nitrogens is 4. The highest BCUT2D eigenvalue weighted by molar-refractivity contribution is 6.09. The third-order valence-corrected chi connectivity index (χ3v) is 14.4. The first-order valence-electron chi connectivity index (χ1n) is 30.6. The summed E-state index contributed by atoms with van der Waals surface area (Å²) < 4.78 is 98.2. The van der Waals surface area contributed by atoms with E-state index in [-0.39, 0.29) is 52.9 Å². The smallest absolute Gasteiger partial charge is 0.269 e. The van der Waals surface area contributed by atoms with E-state index < -0.39 is 6.85 Å². The summed E-state index contributed by atoms with van der Waals surface area (Å²) in [6.07, 6.45) is 5.31. The van der Waals surface area contributed by atoms with Crippen molar-refractivity contribution in [2.24, 2.45) is 0 Å². The summed E-state index contributed by atoms with van der Waals surface area (Å²) in [5.41, 5.74) is 10.1. The number of hydrogen-bond donors (Lipinski definition) is 0. The van der Waals surface area contributed by atoms with Crippen LogP contribution in [0, 0.1) is 20.1 Å². The lowest BCUT2D eigenvalue weighted by molar-refractivity contribution is -0.571.